The summed E-state index contributed by atoms with van der Waals surface area (Å²) in [5.74, 6) is -0.919. The van der Waals surface area contributed by atoms with E-state index >= 15 is 0 Å². The van der Waals surface area contributed by atoms with E-state index in [4.69, 9.17) is 9.84 Å². The minimum absolute atomic E-state index is 0.0471. The van der Waals surface area contributed by atoms with E-state index in [9.17, 15) is 9.59 Å². The quantitative estimate of drug-likeness (QED) is 0.602. The largest absolute Gasteiger partial charge is 0.481 e. The molecule has 0 aromatic rings. The number of aliphatic carboxylic acids is 1. The fourth-order valence-corrected chi connectivity index (χ4v) is 2.89. The Labute approximate surface area is 118 Å². The highest BCUT2D eigenvalue weighted by Crippen LogP contribution is 2.29. The van der Waals surface area contributed by atoms with Gasteiger partial charge in [-0.3, -0.25) is 14.5 Å². The number of carbonyl (C=O) groups is 2. The molecule has 0 spiro atoms. The Bertz CT molecular complexity index is 382. The van der Waals surface area contributed by atoms with E-state index in [-0.39, 0.29) is 18.4 Å². The third kappa shape index (κ3) is 3.11. The Kier molecular flexibility index (Phi) is 4.62. The zero-order valence-electron chi connectivity index (χ0n) is 12.0. The van der Waals surface area contributed by atoms with Crippen molar-refractivity contribution in [3.8, 4) is 0 Å². The van der Waals surface area contributed by atoms with Crippen molar-refractivity contribution in [2.75, 3.05) is 32.8 Å². The number of carboxylic acid groups (broad SMARTS) is 1. The van der Waals surface area contributed by atoms with E-state index in [0.717, 1.165) is 0 Å². The second-order valence-corrected chi connectivity index (χ2v) is 5.85. The van der Waals surface area contributed by atoms with Crippen molar-refractivity contribution in [1.82, 2.24) is 15.5 Å². The summed E-state index contributed by atoms with van der Waals surface area (Å²) in [6, 6.07) is -0.353. The zero-order chi connectivity index (χ0) is 14.8. The van der Waals surface area contributed by atoms with Gasteiger partial charge in [-0.1, -0.05) is 0 Å². The highest BCUT2D eigenvalue weighted by Gasteiger charge is 2.49. The molecule has 1 atom stereocenters. The van der Waals surface area contributed by atoms with Crippen LogP contribution >= 0.6 is 0 Å². The number of hydrogen-bond donors (Lipinski definition) is 3. The fraction of sp³-hybridized carbons (Fsp3) is 0.846. The summed E-state index contributed by atoms with van der Waals surface area (Å²) in [7, 11) is 0. The van der Waals surface area contributed by atoms with Crippen LogP contribution in [-0.4, -0.2) is 72.4 Å². The van der Waals surface area contributed by atoms with Crippen LogP contribution in [0.4, 0.5) is 0 Å². The van der Waals surface area contributed by atoms with E-state index < -0.39 is 17.6 Å². The summed E-state index contributed by atoms with van der Waals surface area (Å²) in [6.45, 7) is 6.46. The number of rotatable bonds is 5. The van der Waals surface area contributed by atoms with Gasteiger partial charge in [0.1, 0.15) is 6.04 Å². The van der Waals surface area contributed by atoms with Gasteiger partial charge in [0, 0.05) is 25.7 Å². The van der Waals surface area contributed by atoms with E-state index in [0.29, 0.717) is 32.8 Å². The Morgan fingerprint density at radius 2 is 2.20 bits per heavy atom. The lowest BCUT2D eigenvalue weighted by Gasteiger charge is -2.53. The lowest BCUT2D eigenvalue weighted by Crippen LogP contribution is -2.75. The predicted octanol–water partition coefficient (Wildman–Crippen LogP) is -0.971. The smallest absolute Gasteiger partial charge is 0.305 e. The predicted molar refractivity (Wildman–Crippen MR) is 72.4 cm³/mol. The number of amides is 1. The Hall–Kier alpha value is -1.18. The maximum atomic E-state index is 12.3. The summed E-state index contributed by atoms with van der Waals surface area (Å²) in [4.78, 5) is 25.4. The van der Waals surface area contributed by atoms with Gasteiger partial charge in [-0.25, -0.2) is 0 Å². The maximum absolute atomic E-state index is 12.3. The van der Waals surface area contributed by atoms with Gasteiger partial charge < -0.3 is 20.5 Å². The molecule has 7 heteroatoms. The van der Waals surface area contributed by atoms with Gasteiger partial charge in [-0.15, -0.1) is 0 Å². The molecule has 2 rings (SSSR count). The highest BCUT2D eigenvalue weighted by atomic mass is 16.5. The van der Waals surface area contributed by atoms with Crippen LogP contribution in [0.2, 0.25) is 0 Å². The van der Waals surface area contributed by atoms with Gasteiger partial charge in [0.25, 0.3) is 0 Å². The molecule has 0 bridgehead atoms. The van der Waals surface area contributed by atoms with Crippen molar-refractivity contribution in [2.45, 2.75) is 37.9 Å². The minimum atomic E-state index is -0.832. The number of nitrogens with one attached hydrogen (secondary N) is 2. The normalized spacial score (nSPS) is 26.1. The molecular formula is C13H23N3O4. The SMILES string of the molecule is CC(C)NC(=O)C1COCCN1C1(CC(=O)O)CNC1. The molecule has 1 unspecified atom stereocenters. The molecular weight excluding hydrogens is 262 g/mol. The summed E-state index contributed by atoms with van der Waals surface area (Å²) >= 11 is 0. The van der Waals surface area contributed by atoms with Crippen LogP contribution in [0.3, 0.4) is 0 Å². The summed E-state index contributed by atoms with van der Waals surface area (Å²) < 4.78 is 5.41. The molecule has 7 nitrogen and oxygen atoms in total. The third-order valence-electron chi connectivity index (χ3n) is 3.86. The van der Waals surface area contributed by atoms with E-state index in [1.807, 2.05) is 18.7 Å². The second-order valence-electron chi connectivity index (χ2n) is 5.85. The van der Waals surface area contributed by atoms with Crippen molar-refractivity contribution in [1.29, 1.82) is 0 Å². The van der Waals surface area contributed by atoms with Crippen LogP contribution < -0.4 is 10.6 Å². The first-order valence-corrected chi connectivity index (χ1v) is 7.02. The number of ether oxygens (including phenoxy) is 1. The second kappa shape index (κ2) is 6.07. The summed E-state index contributed by atoms with van der Waals surface area (Å²) in [5, 5.41) is 15.1. The number of nitrogens with zero attached hydrogens (tertiary/aromatic N) is 1. The Balaban J connectivity index is 2.13. The molecule has 0 aliphatic carbocycles. The van der Waals surface area contributed by atoms with Crippen molar-refractivity contribution < 1.29 is 19.4 Å². The molecule has 0 aromatic carbocycles. The summed E-state index contributed by atoms with van der Waals surface area (Å²) in [5.41, 5.74) is -0.464. The maximum Gasteiger partial charge on any atom is 0.305 e. The molecule has 2 fully saturated rings. The number of carboxylic acids is 1. The van der Waals surface area contributed by atoms with Crippen molar-refractivity contribution >= 4 is 11.9 Å². The molecule has 1 amide bonds. The Morgan fingerprint density at radius 3 is 2.70 bits per heavy atom. The number of carbonyl (C=O) groups excluding carboxylic acids is 1. The van der Waals surface area contributed by atoms with Crippen molar-refractivity contribution in [2.24, 2.45) is 0 Å². The molecule has 0 radical (unpaired) electrons. The Morgan fingerprint density at radius 1 is 1.50 bits per heavy atom. The average molecular weight is 285 g/mol. The molecule has 0 saturated carbocycles. The van der Waals surface area contributed by atoms with Gasteiger partial charge in [-0.05, 0) is 13.8 Å². The van der Waals surface area contributed by atoms with Crippen LogP contribution in [0, 0.1) is 0 Å². The topological polar surface area (TPSA) is 90.9 Å². The number of hydrogen-bond acceptors (Lipinski definition) is 5. The van der Waals surface area contributed by atoms with Crippen molar-refractivity contribution in [3.63, 3.8) is 0 Å². The summed E-state index contributed by atoms with van der Waals surface area (Å²) in [6.07, 6.45) is 0.0471. The third-order valence-corrected chi connectivity index (χ3v) is 3.86. The lowest BCUT2D eigenvalue weighted by molar-refractivity contribution is -0.153. The van der Waals surface area contributed by atoms with Gasteiger partial charge in [0.05, 0.1) is 25.2 Å². The van der Waals surface area contributed by atoms with E-state index in [1.165, 1.54) is 0 Å². The zero-order valence-corrected chi connectivity index (χ0v) is 12.0. The van der Waals surface area contributed by atoms with Gasteiger partial charge >= 0.3 is 5.97 Å². The fourth-order valence-electron chi connectivity index (χ4n) is 2.89. The molecule has 2 aliphatic rings. The van der Waals surface area contributed by atoms with Crippen LogP contribution in [0.1, 0.15) is 20.3 Å². The molecule has 2 saturated heterocycles. The number of morpholine rings is 1. The first-order chi connectivity index (χ1) is 9.44. The van der Waals surface area contributed by atoms with Crippen LogP contribution in [0.25, 0.3) is 0 Å². The standard InChI is InChI=1S/C13H23N3O4/c1-9(2)15-12(19)10-6-20-4-3-16(10)13(5-11(17)18)7-14-8-13/h9-10,14H,3-8H2,1-2H3,(H,15,19)(H,17,18). The van der Waals surface area contributed by atoms with E-state index in [1.54, 1.807) is 0 Å². The van der Waals surface area contributed by atoms with Crippen LogP contribution in [0.5, 0.6) is 0 Å². The minimum Gasteiger partial charge on any atom is -0.481 e. The van der Waals surface area contributed by atoms with Gasteiger partial charge in [0.2, 0.25) is 5.91 Å². The highest BCUT2D eigenvalue weighted by molar-refractivity contribution is 5.82. The molecule has 2 aliphatic heterocycles. The molecule has 0 aromatic heterocycles. The van der Waals surface area contributed by atoms with Crippen molar-refractivity contribution in [3.05, 3.63) is 0 Å². The van der Waals surface area contributed by atoms with Crippen LogP contribution in [-0.2, 0) is 14.3 Å². The molecule has 20 heavy (non-hydrogen) atoms. The van der Waals surface area contributed by atoms with E-state index in [2.05, 4.69) is 10.6 Å². The molecule has 3 N–H and O–H groups in total. The monoisotopic (exact) mass is 285 g/mol. The first-order valence-electron chi connectivity index (χ1n) is 7.02. The lowest BCUT2D eigenvalue weighted by atomic mass is 9.84. The van der Waals surface area contributed by atoms with Gasteiger partial charge in [0.15, 0.2) is 0 Å². The molecule has 114 valence electrons. The van der Waals surface area contributed by atoms with Crippen LogP contribution in [0.15, 0.2) is 0 Å². The van der Waals surface area contributed by atoms with Gasteiger partial charge in [-0.2, -0.15) is 0 Å². The molecule has 2 heterocycles. The average Bonchev–Trinajstić information content (AvgIpc) is 2.33. The first kappa shape index (κ1) is 15.2.